The second-order valence-electron chi connectivity index (χ2n) is 6.28. The largest absolute Gasteiger partial charge is 0.355 e. The lowest BCUT2D eigenvalue weighted by Crippen LogP contribution is -2.52. The van der Waals surface area contributed by atoms with Crippen LogP contribution in [0.25, 0.3) is 0 Å². The average molecular weight is 257 g/mol. The lowest BCUT2D eigenvalue weighted by molar-refractivity contribution is -0.122. The molecular formula is C14H31N3O. The van der Waals surface area contributed by atoms with Crippen molar-refractivity contribution in [3.05, 3.63) is 0 Å². The molecule has 0 radical (unpaired) electrons. The third-order valence-electron chi connectivity index (χ3n) is 3.47. The Kier molecular flexibility index (Phi) is 7.48. The van der Waals surface area contributed by atoms with Gasteiger partial charge in [-0.25, -0.2) is 0 Å². The summed E-state index contributed by atoms with van der Waals surface area (Å²) in [5, 5.41) is 6.25. The molecule has 0 saturated carbocycles. The zero-order valence-corrected chi connectivity index (χ0v) is 13.1. The van der Waals surface area contributed by atoms with Gasteiger partial charge in [-0.3, -0.25) is 4.79 Å². The van der Waals surface area contributed by atoms with E-state index in [0.717, 1.165) is 19.5 Å². The molecular weight excluding hydrogens is 226 g/mol. The number of carbonyl (C=O) groups excluding carboxylic acids is 1. The molecule has 1 amide bonds. The van der Waals surface area contributed by atoms with E-state index in [4.69, 9.17) is 0 Å². The van der Waals surface area contributed by atoms with Crippen molar-refractivity contribution in [2.75, 3.05) is 27.2 Å². The molecule has 0 aliphatic rings. The van der Waals surface area contributed by atoms with E-state index in [1.165, 1.54) is 0 Å². The van der Waals surface area contributed by atoms with Crippen LogP contribution in [0.5, 0.6) is 0 Å². The average Bonchev–Trinajstić information content (AvgIpc) is 2.25. The molecule has 108 valence electrons. The van der Waals surface area contributed by atoms with Gasteiger partial charge in [0.25, 0.3) is 0 Å². The Morgan fingerprint density at radius 2 is 1.78 bits per heavy atom. The van der Waals surface area contributed by atoms with Crippen molar-refractivity contribution in [3.63, 3.8) is 0 Å². The van der Waals surface area contributed by atoms with Gasteiger partial charge in [-0.2, -0.15) is 0 Å². The van der Waals surface area contributed by atoms with E-state index in [1.54, 1.807) is 0 Å². The molecule has 4 nitrogen and oxygen atoms in total. The maximum absolute atomic E-state index is 11.8. The topological polar surface area (TPSA) is 44.4 Å². The van der Waals surface area contributed by atoms with Crippen molar-refractivity contribution in [3.8, 4) is 0 Å². The summed E-state index contributed by atoms with van der Waals surface area (Å²) < 4.78 is 0. The van der Waals surface area contributed by atoms with E-state index in [9.17, 15) is 4.79 Å². The summed E-state index contributed by atoms with van der Waals surface area (Å²) in [5.74, 6) is 0.714. The van der Waals surface area contributed by atoms with Gasteiger partial charge in [0.05, 0.1) is 6.04 Å². The minimum atomic E-state index is -0.142. The predicted molar refractivity (Wildman–Crippen MR) is 77.7 cm³/mol. The highest BCUT2D eigenvalue weighted by Gasteiger charge is 2.22. The Hall–Kier alpha value is -0.610. The van der Waals surface area contributed by atoms with Crippen molar-refractivity contribution in [1.82, 2.24) is 15.5 Å². The molecule has 0 bridgehead atoms. The molecule has 0 aromatic heterocycles. The van der Waals surface area contributed by atoms with Gasteiger partial charge in [-0.1, -0.05) is 13.8 Å². The Balaban J connectivity index is 3.95. The highest BCUT2D eigenvalue weighted by Crippen LogP contribution is 2.08. The lowest BCUT2D eigenvalue weighted by Gasteiger charge is -2.33. The standard InChI is InChI=1S/C14H31N3O/c1-11(2)8-9-15-13(18)12(3)16-10-14(4,5)17(6)7/h11-12,16H,8-10H2,1-7H3,(H,15,18). The normalized spacial score (nSPS) is 14.1. The van der Waals surface area contributed by atoms with Crippen LogP contribution in [-0.2, 0) is 4.79 Å². The van der Waals surface area contributed by atoms with Gasteiger partial charge in [0.1, 0.15) is 0 Å². The molecule has 0 aliphatic heterocycles. The molecule has 18 heavy (non-hydrogen) atoms. The number of likely N-dealkylation sites (N-methyl/N-ethyl adjacent to an activating group) is 1. The van der Waals surface area contributed by atoms with Crippen LogP contribution in [0.2, 0.25) is 0 Å². The Morgan fingerprint density at radius 3 is 2.22 bits per heavy atom. The summed E-state index contributed by atoms with van der Waals surface area (Å²) in [6.45, 7) is 12.1. The van der Waals surface area contributed by atoms with Crippen LogP contribution in [0, 0.1) is 5.92 Å². The Labute approximate surface area is 113 Å². The minimum absolute atomic E-state index is 0.0481. The first-order valence-corrected chi connectivity index (χ1v) is 6.85. The second kappa shape index (κ2) is 7.74. The summed E-state index contributed by atoms with van der Waals surface area (Å²) in [7, 11) is 4.10. The number of hydrogen-bond donors (Lipinski definition) is 2. The molecule has 0 aromatic carbocycles. The molecule has 2 N–H and O–H groups in total. The number of nitrogens with one attached hydrogen (secondary N) is 2. The lowest BCUT2D eigenvalue weighted by atomic mass is 10.0. The number of rotatable bonds is 8. The van der Waals surface area contributed by atoms with Gasteiger partial charge in [-0.15, -0.1) is 0 Å². The zero-order valence-electron chi connectivity index (χ0n) is 13.1. The van der Waals surface area contributed by atoms with E-state index in [0.29, 0.717) is 5.92 Å². The summed E-state index contributed by atoms with van der Waals surface area (Å²) in [6.07, 6.45) is 1.03. The Bertz CT molecular complexity index is 249. The van der Waals surface area contributed by atoms with Gasteiger partial charge < -0.3 is 15.5 Å². The maximum atomic E-state index is 11.8. The van der Waals surface area contributed by atoms with Crippen LogP contribution >= 0.6 is 0 Å². The van der Waals surface area contributed by atoms with Gasteiger partial charge >= 0.3 is 0 Å². The second-order valence-corrected chi connectivity index (χ2v) is 6.28. The van der Waals surface area contributed by atoms with E-state index >= 15 is 0 Å². The van der Waals surface area contributed by atoms with Crippen LogP contribution < -0.4 is 10.6 Å². The highest BCUT2D eigenvalue weighted by atomic mass is 16.2. The molecule has 0 heterocycles. The van der Waals surface area contributed by atoms with Gasteiger partial charge in [0, 0.05) is 18.6 Å². The third kappa shape index (κ3) is 6.97. The summed E-state index contributed by atoms with van der Waals surface area (Å²) in [5.41, 5.74) is 0.0481. The molecule has 0 spiro atoms. The molecule has 0 fully saturated rings. The zero-order chi connectivity index (χ0) is 14.3. The van der Waals surface area contributed by atoms with Crippen molar-refractivity contribution >= 4 is 5.91 Å². The first-order valence-electron chi connectivity index (χ1n) is 6.85. The fraction of sp³-hybridized carbons (Fsp3) is 0.929. The number of nitrogens with zero attached hydrogens (tertiary/aromatic N) is 1. The molecule has 1 unspecified atom stereocenters. The van der Waals surface area contributed by atoms with Crippen LogP contribution in [0.3, 0.4) is 0 Å². The minimum Gasteiger partial charge on any atom is -0.355 e. The summed E-state index contributed by atoms with van der Waals surface area (Å²) >= 11 is 0. The molecule has 0 saturated heterocycles. The van der Waals surface area contributed by atoms with Crippen LogP contribution in [0.1, 0.15) is 41.0 Å². The molecule has 1 atom stereocenters. The predicted octanol–water partition coefficient (Wildman–Crippen LogP) is 1.47. The van der Waals surface area contributed by atoms with Crippen molar-refractivity contribution in [2.45, 2.75) is 52.6 Å². The van der Waals surface area contributed by atoms with Crippen LogP contribution in [0.4, 0.5) is 0 Å². The smallest absolute Gasteiger partial charge is 0.236 e. The fourth-order valence-electron chi connectivity index (χ4n) is 1.29. The number of amides is 1. The Morgan fingerprint density at radius 1 is 1.22 bits per heavy atom. The monoisotopic (exact) mass is 257 g/mol. The van der Waals surface area contributed by atoms with Crippen molar-refractivity contribution < 1.29 is 4.79 Å². The van der Waals surface area contributed by atoms with E-state index in [2.05, 4.69) is 57.3 Å². The summed E-state index contributed by atoms with van der Waals surface area (Å²) in [4.78, 5) is 14.0. The number of hydrogen-bond acceptors (Lipinski definition) is 3. The van der Waals surface area contributed by atoms with Gasteiger partial charge in [0.2, 0.25) is 5.91 Å². The van der Waals surface area contributed by atoms with E-state index < -0.39 is 0 Å². The first kappa shape index (κ1) is 17.4. The summed E-state index contributed by atoms with van der Waals surface area (Å²) in [6, 6.07) is -0.142. The highest BCUT2D eigenvalue weighted by molar-refractivity contribution is 5.81. The van der Waals surface area contributed by atoms with E-state index in [1.807, 2.05) is 6.92 Å². The molecule has 0 rings (SSSR count). The first-order chi connectivity index (χ1) is 8.16. The van der Waals surface area contributed by atoms with E-state index in [-0.39, 0.29) is 17.5 Å². The fourth-order valence-corrected chi connectivity index (χ4v) is 1.29. The third-order valence-corrected chi connectivity index (χ3v) is 3.47. The maximum Gasteiger partial charge on any atom is 0.236 e. The van der Waals surface area contributed by atoms with Crippen molar-refractivity contribution in [1.29, 1.82) is 0 Å². The van der Waals surface area contributed by atoms with Gasteiger partial charge in [0.15, 0.2) is 0 Å². The molecule has 4 heteroatoms. The van der Waals surface area contributed by atoms with Crippen molar-refractivity contribution in [2.24, 2.45) is 5.92 Å². The van der Waals surface area contributed by atoms with Gasteiger partial charge in [-0.05, 0) is 47.2 Å². The quantitative estimate of drug-likeness (QED) is 0.692. The molecule has 0 aromatic rings. The van der Waals surface area contributed by atoms with Crippen LogP contribution in [0.15, 0.2) is 0 Å². The number of carbonyl (C=O) groups is 1. The molecule has 0 aliphatic carbocycles. The van der Waals surface area contributed by atoms with Crippen LogP contribution in [-0.4, -0.2) is 49.6 Å². The SMILES string of the molecule is CC(C)CCNC(=O)C(C)NCC(C)(C)N(C)C.